The van der Waals surface area contributed by atoms with Gasteiger partial charge in [0, 0.05) is 23.9 Å². The maximum absolute atomic E-state index is 11.8. The number of rotatable bonds is 5. The van der Waals surface area contributed by atoms with E-state index in [1.54, 1.807) is 18.3 Å². The Morgan fingerprint density at radius 2 is 1.85 bits per heavy atom. The van der Waals surface area contributed by atoms with E-state index < -0.39 is 5.97 Å². The molecule has 2 aromatic rings. The third-order valence-corrected chi connectivity index (χ3v) is 2.73. The molecule has 0 aliphatic heterocycles. The topological polar surface area (TPSA) is 79.3 Å². The average Bonchev–Trinajstić information content (AvgIpc) is 2.48. The molecule has 5 heteroatoms. The average molecular weight is 270 g/mol. The molecular weight excluding hydrogens is 256 g/mol. The van der Waals surface area contributed by atoms with Crippen molar-refractivity contribution in [3.63, 3.8) is 0 Å². The first kappa shape index (κ1) is 13.7. The van der Waals surface area contributed by atoms with Gasteiger partial charge in [-0.2, -0.15) is 0 Å². The highest BCUT2D eigenvalue weighted by Crippen LogP contribution is 2.16. The lowest BCUT2D eigenvalue weighted by molar-refractivity contribution is -0.136. The van der Waals surface area contributed by atoms with Gasteiger partial charge in [0.05, 0.1) is 12.1 Å². The van der Waals surface area contributed by atoms with Gasteiger partial charge >= 0.3 is 5.97 Å². The number of hydrogen-bond acceptors (Lipinski definition) is 3. The highest BCUT2D eigenvalue weighted by atomic mass is 16.4. The van der Waals surface area contributed by atoms with E-state index in [1.807, 2.05) is 30.3 Å². The predicted molar refractivity (Wildman–Crippen MR) is 74.3 cm³/mol. The number of carboxylic acid groups (broad SMARTS) is 1. The normalized spacial score (nSPS) is 10.0. The molecule has 1 aromatic heterocycles. The second-order valence-electron chi connectivity index (χ2n) is 4.19. The van der Waals surface area contributed by atoms with Crippen LogP contribution in [-0.4, -0.2) is 28.5 Å². The Bertz CT molecular complexity index is 594. The monoisotopic (exact) mass is 270 g/mol. The van der Waals surface area contributed by atoms with Gasteiger partial charge in [0.2, 0.25) is 0 Å². The van der Waals surface area contributed by atoms with Crippen molar-refractivity contribution >= 4 is 11.9 Å². The minimum atomic E-state index is -0.934. The fourth-order valence-electron chi connectivity index (χ4n) is 1.71. The Kier molecular flexibility index (Phi) is 4.44. The van der Waals surface area contributed by atoms with Crippen molar-refractivity contribution in [1.82, 2.24) is 10.3 Å². The van der Waals surface area contributed by atoms with Crippen LogP contribution in [-0.2, 0) is 4.79 Å². The van der Waals surface area contributed by atoms with Crippen LogP contribution in [0.5, 0.6) is 0 Å². The van der Waals surface area contributed by atoms with Crippen molar-refractivity contribution < 1.29 is 14.7 Å². The summed E-state index contributed by atoms with van der Waals surface area (Å²) >= 11 is 0. The van der Waals surface area contributed by atoms with Gasteiger partial charge in [-0.05, 0) is 24.3 Å². The highest BCUT2D eigenvalue weighted by Gasteiger charge is 2.06. The van der Waals surface area contributed by atoms with Crippen LogP contribution in [0, 0.1) is 0 Å². The van der Waals surface area contributed by atoms with Gasteiger partial charge < -0.3 is 10.4 Å². The van der Waals surface area contributed by atoms with E-state index >= 15 is 0 Å². The molecule has 2 rings (SSSR count). The van der Waals surface area contributed by atoms with Crippen LogP contribution in [0.25, 0.3) is 11.3 Å². The Balaban J connectivity index is 2.01. The van der Waals surface area contributed by atoms with Gasteiger partial charge in [-0.3, -0.25) is 14.6 Å². The second-order valence-corrected chi connectivity index (χ2v) is 4.19. The van der Waals surface area contributed by atoms with Crippen LogP contribution in [0.15, 0.2) is 48.7 Å². The zero-order valence-electron chi connectivity index (χ0n) is 10.7. The van der Waals surface area contributed by atoms with Crippen LogP contribution in [0.4, 0.5) is 0 Å². The molecule has 1 aromatic carbocycles. The molecule has 102 valence electrons. The number of aromatic nitrogens is 1. The standard InChI is InChI=1S/C15H14N2O3/c18-14(19)8-10-17-15(20)12-6-4-11(5-7-12)13-3-1-2-9-16-13/h1-7,9H,8,10H2,(H,17,20)(H,18,19). The number of benzene rings is 1. The Morgan fingerprint density at radius 1 is 1.10 bits per heavy atom. The number of pyridine rings is 1. The lowest BCUT2D eigenvalue weighted by Crippen LogP contribution is -2.25. The van der Waals surface area contributed by atoms with Crippen molar-refractivity contribution in [2.75, 3.05) is 6.54 Å². The van der Waals surface area contributed by atoms with E-state index in [0.29, 0.717) is 5.56 Å². The number of amides is 1. The van der Waals surface area contributed by atoms with Crippen molar-refractivity contribution in [3.05, 3.63) is 54.2 Å². The van der Waals surface area contributed by atoms with E-state index in [9.17, 15) is 9.59 Å². The first-order valence-electron chi connectivity index (χ1n) is 6.18. The van der Waals surface area contributed by atoms with Gasteiger partial charge in [0.1, 0.15) is 0 Å². The van der Waals surface area contributed by atoms with Crippen LogP contribution >= 0.6 is 0 Å². The van der Waals surface area contributed by atoms with Crippen molar-refractivity contribution in [2.45, 2.75) is 6.42 Å². The number of nitrogens with one attached hydrogen (secondary N) is 1. The van der Waals surface area contributed by atoms with Crippen LogP contribution in [0.3, 0.4) is 0 Å². The van der Waals surface area contributed by atoms with Gasteiger partial charge in [0.25, 0.3) is 5.91 Å². The maximum Gasteiger partial charge on any atom is 0.305 e. The van der Waals surface area contributed by atoms with E-state index in [0.717, 1.165) is 11.3 Å². The fourth-order valence-corrected chi connectivity index (χ4v) is 1.71. The smallest absolute Gasteiger partial charge is 0.305 e. The number of nitrogens with zero attached hydrogens (tertiary/aromatic N) is 1. The summed E-state index contributed by atoms with van der Waals surface area (Å²) in [7, 11) is 0. The SMILES string of the molecule is O=C(O)CCNC(=O)c1ccc(-c2ccccn2)cc1. The third kappa shape index (κ3) is 3.65. The minimum absolute atomic E-state index is 0.0856. The number of carbonyl (C=O) groups excluding carboxylic acids is 1. The molecule has 0 spiro atoms. The minimum Gasteiger partial charge on any atom is -0.481 e. The van der Waals surface area contributed by atoms with Crippen molar-refractivity contribution in [1.29, 1.82) is 0 Å². The molecule has 1 heterocycles. The molecule has 0 atom stereocenters. The summed E-state index contributed by atoms with van der Waals surface area (Å²) in [6.45, 7) is 0.121. The van der Waals surface area contributed by atoms with Gasteiger partial charge in [-0.1, -0.05) is 18.2 Å². The molecule has 0 aliphatic rings. The molecule has 2 N–H and O–H groups in total. The molecule has 0 saturated heterocycles. The van der Waals surface area contributed by atoms with E-state index in [2.05, 4.69) is 10.3 Å². The zero-order chi connectivity index (χ0) is 14.4. The zero-order valence-corrected chi connectivity index (χ0v) is 10.7. The van der Waals surface area contributed by atoms with Gasteiger partial charge in [-0.15, -0.1) is 0 Å². The summed E-state index contributed by atoms with van der Waals surface area (Å²) in [6, 6.07) is 12.6. The van der Waals surface area contributed by atoms with Crippen LogP contribution in [0.1, 0.15) is 16.8 Å². The Hall–Kier alpha value is -2.69. The number of aliphatic carboxylic acids is 1. The molecule has 0 bridgehead atoms. The van der Waals surface area contributed by atoms with Crippen molar-refractivity contribution in [3.8, 4) is 11.3 Å². The van der Waals surface area contributed by atoms with Gasteiger partial charge in [-0.25, -0.2) is 0 Å². The summed E-state index contributed by atoms with van der Waals surface area (Å²) in [5.74, 6) is -1.21. The molecule has 0 fully saturated rings. The van der Waals surface area contributed by atoms with E-state index in [4.69, 9.17) is 5.11 Å². The Labute approximate surface area is 116 Å². The molecule has 0 radical (unpaired) electrons. The number of hydrogen-bond donors (Lipinski definition) is 2. The lowest BCUT2D eigenvalue weighted by atomic mass is 10.1. The quantitative estimate of drug-likeness (QED) is 0.870. The summed E-state index contributed by atoms with van der Waals surface area (Å²) in [6.07, 6.45) is 1.62. The Morgan fingerprint density at radius 3 is 2.45 bits per heavy atom. The molecule has 5 nitrogen and oxygen atoms in total. The molecule has 20 heavy (non-hydrogen) atoms. The van der Waals surface area contributed by atoms with Gasteiger partial charge in [0.15, 0.2) is 0 Å². The molecule has 0 aliphatic carbocycles. The highest BCUT2D eigenvalue weighted by molar-refractivity contribution is 5.94. The van der Waals surface area contributed by atoms with E-state index in [1.165, 1.54) is 0 Å². The first-order valence-corrected chi connectivity index (χ1v) is 6.18. The van der Waals surface area contributed by atoms with Crippen LogP contribution < -0.4 is 5.32 Å². The molecule has 0 unspecified atom stereocenters. The van der Waals surface area contributed by atoms with E-state index in [-0.39, 0.29) is 18.9 Å². The summed E-state index contributed by atoms with van der Waals surface area (Å²) in [5.41, 5.74) is 2.26. The fraction of sp³-hybridized carbons (Fsp3) is 0.133. The number of carboxylic acids is 1. The predicted octanol–water partition coefficient (Wildman–Crippen LogP) is 1.95. The van der Waals surface area contributed by atoms with Crippen molar-refractivity contribution in [2.24, 2.45) is 0 Å². The molecular formula is C15H14N2O3. The lowest BCUT2D eigenvalue weighted by Gasteiger charge is -2.05. The second kappa shape index (κ2) is 6.47. The maximum atomic E-state index is 11.8. The third-order valence-electron chi connectivity index (χ3n) is 2.73. The molecule has 0 saturated carbocycles. The summed E-state index contributed by atoms with van der Waals surface area (Å²) in [5, 5.41) is 11.1. The number of carbonyl (C=O) groups is 2. The first-order chi connectivity index (χ1) is 9.66. The largest absolute Gasteiger partial charge is 0.481 e. The summed E-state index contributed by atoms with van der Waals surface area (Å²) < 4.78 is 0. The summed E-state index contributed by atoms with van der Waals surface area (Å²) in [4.78, 5) is 26.3. The molecule has 1 amide bonds. The van der Waals surface area contributed by atoms with Crippen LogP contribution in [0.2, 0.25) is 0 Å².